The molecule has 0 aliphatic carbocycles. The Hall–Kier alpha value is -1.46. The number of nitrogen functional groups attached to an aromatic ring is 1. The van der Waals surface area contributed by atoms with Crippen LogP contribution in [0.4, 0.5) is 24.7 Å². The highest BCUT2D eigenvalue weighted by Crippen LogP contribution is 2.22. The number of aryl methyl sites for hydroxylation is 1. The Bertz CT molecular complexity index is 363. The minimum atomic E-state index is -4.07. The van der Waals surface area contributed by atoms with Gasteiger partial charge < -0.3 is 11.1 Å². The van der Waals surface area contributed by atoms with Crippen LogP contribution in [0.15, 0.2) is 12.1 Å². The van der Waals surface area contributed by atoms with E-state index in [4.69, 9.17) is 5.73 Å². The maximum Gasteiger partial charge on any atom is 0.389 e. The fourth-order valence-corrected chi connectivity index (χ4v) is 1.37. The molecule has 0 unspecified atom stereocenters. The highest BCUT2D eigenvalue weighted by Gasteiger charge is 2.25. The highest BCUT2D eigenvalue weighted by molar-refractivity contribution is 5.61. The Morgan fingerprint density at radius 3 is 2.65 bits per heavy atom. The Labute approximate surface area is 98.2 Å². The highest BCUT2D eigenvalue weighted by atomic mass is 19.4. The van der Waals surface area contributed by atoms with Crippen LogP contribution in [-0.4, -0.2) is 17.7 Å². The maximum absolute atomic E-state index is 11.9. The average molecular weight is 247 g/mol. The number of alkyl halides is 3. The van der Waals surface area contributed by atoms with Crippen molar-refractivity contribution in [2.24, 2.45) is 0 Å². The summed E-state index contributed by atoms with van der Waals surface area (Å²) in [5, 5.41) is 2.94. The molecule has 1 rings (SSSR count). The molecule has 1 aromatic rings. The molecule has 0 radical (unpaired) electrons. The smallest absolute Gasteiger partial charge is 0.389 e. The number of nitrogens with one attached hydrogen (secondary N) is 1. The molecule has 0 aliphatic heterocycles. The molecule has 0 aliphatic rings. The van der Waals surface area contributed by atoms with E-state index in [1.54, 1.807) is 12.1 Å². The normalized spacial score (nSPS) is 11.5. The molecule has 6 heteroatoms. The van der Waals surface area contributed by atoms with Crippen LogP contribution in [0.3, 0.4) is 0 Å². The molecule has 0 aromatic carbocycles. The summed E-state index contributed by atoms with van der Waals surface area (Å²) < 4.78 is 35.6. The van der Waals surface area contributed by atoms with Crippen molar-refractivity contribution in [3.8, 4) is 0 Å². The number of nitrogens with two attached hydrogens (primary N) is 1. The molecule has 0 spiro atoms. The molecule has 0 saturated carbocycles. The lowest BCUT2D eigenvalue weighted by molar-refractivity contribution is -0.135. The van der Waals surface area contributed by atoms with Gasteiger partial charge in [-0.05, 0) is 31.9 Å². The number of rotatable bonds is 5. The molecule has 3 N–H and O–H groups in total. The van der Waals surface area contributed by atoms with E-state index in [1.807, 2.05) is 6.92 Å². The lowest BCUT2D eigenvalue weighted by Gasteiger charge is -2.09. The summed E-state index contributed by atoms with van der Waals surface area (Å²) in [6, 6.07) is 3.50. The van der Waals surface area contributed by atoms with Gasteiger partial charge in [-0.25, -0.2) is 4.98 Å². The van der Waals surface area contributed by atoms with Gasteiger partial charge in [-0.15, -0.1) is 0 Å². The van der Waals surface area contributed by atoms with E-state index < -0.39 is 12.6 Å². The van der Waals surface area contributed by atoms with Crippen molar-refractivity contribution in [3.05, 3.63) is 17.8 Å². The van der Waals surface area contributed by atoms with E-state index in [1.165, 1.54) is 0 Å². The van der Waals surface area contributed by atoms with Crippen LogP contribution in [0.1, 0.15) is 25.0 Å². The lowest BCUT2D eigenvalue weighted by atomic mass is 10.2. The summed E-state index contributed by atoms with van der Waals surface area (Å²) >= 11 is 0. The first-order valence-corrected chi connectivity index (χ1v) is 5.42. The predicted octanol–water partition coefficient (Wildman–Crippen LogP) is 3.12. The van der Waals surface area contributed by atoms with E-state index in [-0.39, 0.29) is 6.42 Å². The summed E-state index contributed by atoms with van der Waals surface area (Å²) in [5.41, 5.74) is 6.99. The quantitative estimate of drug-likeness (QED) is 0.786. The molecule has 1 heterocycles. The van der Waals surface area contributed by atoms with Crippen molar-refractivity contribution in [1.82, 2.24) is 4.98 Å². The Balaban J connectivity index is 2.29. The first kappa shape index (κ1) is 13.6. The largest absolute Gasteiger partial charge is 0.396 e. The van der Waals surface area contributed by atoms with Crippen molar-refractivity contribution in [2.45, 2.75) is 32.4 Å². The Morgan fingerprint density at radius 2 is 2.00 bits per heavy atom. The minimum Gasteiger partial charge on any atom is -0.396 e. The summed E-state index contributed by atoms with van der Waals surface area (Å²) in [5.74, 6) is 0.539. The SMILES string of the molecule is Cc1ccc(N)c(NCCCCC(F)(F)F)n1. The fraction of sp³-hybridized carbons (Fsp3) is 0.545. The number of nitrogens with zero attached hydrogens (tertiary/aromatic N) is 1. The molecular weight excluding hydrogens is 231 g/mol. The standard InChI is InChI=1S/C11H16F3N3/c1-8-4-5-9(15)10(17-8)16-7-3-2-6-11(12,13)14/h4-5H,2-3,6-7,15H2,1H3,(H,16,17). The van der Waals surface area contributed by atoms with Gasteiger partial charge in [-0.2, -0.15) is 13.2 Å². The van der Waals surface area contributed by atoms with Crippen LogP contribution >= 0.6 is 0 Å². The second-order valence-electron chi connectivity index (χ2n) is 3.89. The number of hydrogen-bond acceptors (Lipinski definition) is 3. The number of pyridine rings is 1. The van der Waals surface area contributed by atoms with Gasteiger partial charge in [0.05, 0.1) is 5.69 Å². The van der Waals surface area contributed by atoms with Gasteiger partial charge >= 0.3 is 6.18 Å². The first-order valence-electron chi connectivity index (χ1n) is 5.42. The first-order chi connectivity index (χ1) is 7.88. The fourth-order valence-electron chi connectivity index (χ4n) is 1.37. The number of halogens is 3. The third-order valence-corrected chi connectivity index (χ3v) is 2.25. The van der Waals surface area contributed by atoms with Crippen molar-refractivity contribution < 1.29 is 13.2 Å². The Kier molecular flexibility index (Phi) is 4.60. The van der Waals surface area contributed by atoms with Crippen molar-refractivity contribution >= 4 is 11.5 Å². The number of anilines is 2. The molecule has 96 valence electrons. The predicted molar refractivity (Wildman–Crippen MR) is 61.8 cm³/mol. The monoisotopic (exact) mass is 247 g/mol. The molecule has 17 heavy (non-hydrogen) atoms. The number of hydrogen-bond donors (Lipinski definition) is 2. The molecule has 0 atom stereocenters. The van der Waals surface area contributed by atoms with Crippen LogP contribution in [0.25, 0.3) is 0 Å². The van der Waals surface area contributed by atoms with Gasteiger partial charge in [-0.1, -0.05) is 0 Å². The number of aromatic nitrogens is 1. The van der Waals surface area contributed by atoms with Crippen LogP contribution in [0.5, 0.6) is 0 Å². The molecule has 3 nitrogen and oxygen atoms in total. The van der Waals surface area contributed by atoms with Gasteiger partial charge in [0, 0.05) is 18.7 Å². The Morgan fingerprint density at radius 1 is 1.29 bits per heavy atom. The van der Waals surface area contributed by atoms with Gasteiger partial charge in [0.15, 0.2) is 0 Å². The zero-order valence-electron chi connectivity index (χ0n) is 9.64. The molecule has 0 saturated heterocycles. The molecule has 1 aromatic heterocycles. The van der Waals surface area contributed by atoms with E-state index >= 15 is 0 Å². The van der Waals surface area contributed by atoms with Gasteiger partial charge in [0.25, 0.3) is 0 Å². The summed E-state index contributed by atoms with van der Waals surface area (Å²) in [7, 11) is 0. The van der Waals surface area contributed by atoms with E-state index in [9.17, 15) is 13.2 Å². The van der Waals surface area contributed by atoms with Gasteiger partial charge in [0.1, 0.15) is 5.82 Å². The van der Waals surface area contributed by atoms with E-state index in [0.717, 1.165) is 5.69 Å². The third kappa shape index (κ3) is 5.42. The third-order valence-electron chi connectivity index (χ3n) is 2.25. The van der Waals surface area contributed by atoms with Gasteiger partial charge in [-0.3, -0.25) is 0 Å². The zero-order valence-corrected chi connectivity index (χ0v) is 9.64. The second-order valence-corrected chi connectivity index (χ2v) is 3.89. The molecule has 0 amide bonds. The van der Waals surface area contributed by atoms with Crippen molar-refractivity contribution in [3.63, 3.8) is 0 Å². The lowest BCUT2D eigenvalue weighted by Crippen LogP contribution is -2.10. The molecule has 0 bridgehead atoms. The summed E-state index contributed by atoms with van der Waals surface area (Å²) in [4.78, 5) is 4.16. The van der Waals surface area contributed by atoms with Crippen LogP contribution in [0.2, 0.25) is 0 Å². The van der Waals surface area contributed by atoms with Crippen LogP contribution < -0.4 is 11.1 Å². The number of unbranched alkanes of at least 4 members (excludes halogenated alkanes) is 1. The topological polar surface area (TPSA) is 50.9 Å². The maximum atomic E-state index is 11.9. The second kappa shape index (κ2) is 5.75. The average Bonchev–Trinajstić information content (AvgIpc) is 2.21. The van der Waals surface area contributed by atoms with Crippen LogP contribution in [-0.2, 0) is 0 Å². The minimum absolute atomic E-state index is 0.113. The van der Waals surface area contributed by atoms with Gasteiger partial charge in [0.2, 0.25) is 0 Å². The zero-order chi connectivity index (χ0) is 12.9. The summed E-state index contributed by atoms with van der Waals surface area (Å²) in [6.45, 7) is 2.27. The summed E-state index contributed by atoms with van der Waals surface area (Å²) in [6.07, 6.45) is -4.26. The molecule has 0 fully saturated rings. The van der Waals surface area contributed by atoms with Crippen LogP contribution in [0, 0.1) is 6.92 Å². The van der Waals surface area contributed by atoms with Crippen molar-refractivity contribution in [1.29, 1.82) is 0 Å². The van der Waals surface area contributed by atoms with E-state index in [0.29, 0.717) is 24.5 Å². The molecular formula is C11H16F3N3. The van der Waals surface area contributed by atoms with E-state index in [2.05, 4.69) is 10.3 Å². The van der Waals surface area contributed by atoms with Crippen molar-refractivity contribution in [2.75, 3.05) is 17.6 Å².